The monoisotopic (exact) mass is 437 g/mol. The lowest BCUT2D eigenvalue weighted by atomic mass is 10.1. The molecule has 8 heteroatoms. The van der Waals surface area contributed by atoms with Gasteiger partial charge >= 0.3 is 5.97 Å². The fourth-order valence-electron chi connectivity index (χ4n) is 2.83. The topological polar surface area (TPSA) is 72.9 Å². The largest absolute Gasteiger partial charge is 0.466 e. The highest BCUT2D eigenvalue weighted by atomic mass is 32.2. The van der Waals surface area contributed by atoms with E-state index in [-0.39, 0.29) is 17.3 Å². The molecule has 1 atom stereocenters. The first-order chi connectivity index (χ1) is 14.2. The third-order valence-electron chi connectivity index (χ3n) is 4.57. The highest BCUT2D eigenvalue weighted by Crippen LogP contribution is 2.27. The number of halogens is 1. The summed E-state index contributed by atoms with van der Waals surface area (Å²) >= 11 is 0. The zero-order valence-corrected chi connectivity index (χ0v) is 18.3. The molecule has 0 N–H and O–H groups in total. The number of nitrogens with zero attached hydrogens (tertiary/aromatic N) is 1. The van der Waals surface area contributed by atoms with Crippen molar-refractivity contribution in [2.75, 3.05) is 26.7 Å². The third-order valence-corrected chi connectivity index (χ3v) is 5.91. The molecule has 0 saturated carbocycles. The molecule has 0 fully saturated rings. The molecular formula is C22H28FNO5S. The van der Waals surface area contributed by atoms with Gasteiger partial charge in [-0.25, -0.2) is 4.39 Å². The molecule has 0 radical (unpaired) electrons. The van der Waals surface area contributed by atoms with Crippen LogP contribution in [0.2, 0.25) is 0 Å². The number of esters is 1. The molecular weight excluding hydrogens is 409 g/mol. The molecule has 0 spiro atoms. The minimum absolute atomic E-state index is 0.0656. The zero-order valence-electron chi connectivity index (χ0n) is 17.5. The summed E-state index contributed by atoms with van der Waals surface area (Å²) in [7, 11) is -2.17. The van der Waals surface area contributed by atoms with Crippen LogP contribution in [0.1, 0.15) is 37.0 Å². The molecule has 0 saturated heterocycles. The van der Waals surface area contributed by atoms with E-state index in [2.05, 4.69) is 0 Å². The van der Waals surface area contributed by atoms with Gasteiger partial charge in [-0.1, -0.05) is 29.8 Å². The SMILES string of the molecule is CCOC(=O)CCN(C)CC[C@H](OS(=O)(=O)c1ccc(C)cc1)c1ccc(F)cc1. The summed E-state index contributed by atoms with van der Waals surface area (Å²) in [5.74, 6) is -0.692. The average molecular weight is 438 g/mol. The molecule has 0 unspecified atom stereocenters. The Labute approximate surface area is 177 Å². The normalized spacial score (nSPS) is 12.7. The van der Waals surface area contributed by atoms with Crippen LogP contribution in [0.4, 0.5) is 4.39 Å². The van der Waals surface area contributed by atoms with E-state index >= 15 is 0 Å². The average Bonchev–Trinajstić information content (AvgIpc) is 2.70. The first-order valence-electron chi connectivity index (χ1n) is 9.81. The van der Waals surface area contributed by atoms with Crippen LogP contribution >= 0.6 is 0 Å². The fraction of sp³-hybridized carbons (Fsp3) is 0.409. The molecule has 2 aromatic rings. The van der Waals surface area contributed by atoms with Crippen molar-refractivity contribution >= 4 is 16.1 Å². The maximum absolute atomic E-state index is 13.3. The second-order valence-electron chi connectivity index (χ2n) is 7.05. The molecule has 30 heavy (non-hydrogen) atoms. The number of carbonyl (C=O) groups is 1. The van der Waals surface area contributed by atoms with Gasteiger partial charge in [-0.2, -0.15) is 8.42 Å². The second-order valence-corrected chi connectivity index (χ2v) is 8.62. The van der Waals surface area contributed by atoms with Crippen LogP contribution in [0.25, 0.3) is 0 Å². The van der Waals surface area contributed by atoms with Gasteiger partial charge in [-0.05, 0) is 57.1 Å². The van der Waals surface area contributed by atoms with Crippen molar-refractivity contribution in [1.29, 1.82) is 0 Å². The van der Waals surface area contributed by atoms with Crippen molar-refractivity contribution in [3.05, 3.63) is 65.5 Å². The van der Waals surface area contributed by atoms with Crippen LogP contribution in [-0.2, 0) is 23.8 Å². The number of hydrogen-bond acceptors (Lipinski definition) is 6. The van der Waals surface area contributed by atoms with Crippen molar-refractivity contribution in [3.63, 3.8) is 0 Å². The molecule has 6 nitrogen and oxygen atoms in total. The molecule has 0 aromatic heterocycles. The molecule has 0 aliphatic rings. The van der Waals surface area contributed by atoms with Crippen molar-refractivity contribution in [2.24, 2.45) is 0 Å². The van der Waals surface area contributed by atoms with Crippen LogP contribution in [0.15, 0.2) is 53.4 Å². The van der Waals surface area contributed by atoms with E-state index in [1.165, 1.54) is 36.4 Å². The van der Waals surface area contributed by atoms with E-state index in [0.717, 1.165) is 5.56 Å². The Morgan fingerprint density at radius 2 is 1.70 bits per heavy atom. The van der Waals surface area contributed by atoms with Crippen LogP contribution in [0.5, 0.6) is 0 Å². The van der Waals surface area contributed by atoms with Gasteiger partial charge in [0.25, 0.3) is 10.1 Å². The predicted octanol–water partition coefficient (Wildman–Crippen LogP) is 3.86. The lowest BCUT2D eigenvalue weighted by Gasteiger charge is -2.22. The standard InChI is InChI=1S/C22H28FNO5S/c1-4-28-22(25)14-16-24(3)15-13-21(18-7-9-19(23)10-8-18)29-30(26,27)20-11-5-17(2)6-12-20/h5-12,21H,4,13-16H2,1-3H3/t21-/m0/s1. The van der Waals surface area contributed by atoms with Gasteiger partial charge < -0.3 is 9.64 Å². The Bertz CT molecular complexity index is 914. The van der Waals surface area contributed by atoms with Crippen molar-refractivity contribution in [2.45, 2.75) is 37.7 Å². The van der Waals surface area contributed by atoms with Crippen molar-refractivity contribution < 1.29 is 26.5 Å². The van der Waals surface area contributed by atoms with Gasteiger partial charge in [0, 0.05) is 13.1 Å². The van der Waals surface area contributed by atoms with E-state index in [9.17, 15) is 17.6 Å². The van der Waals surface area contributed by atoms with E-state index in [0.29, 0.717) is 31.7 Å². The zero-order chi connectivity index (χ0) is 22.1. The number of benzene rings is 2. The number of rotatable bonds is 11. The molecule has 2 aromatic carbocycles. The Hall–Kier alpha value is -2.29. The second kappa shape index (κ2) is 11.2. The van der Waals surface area contributed by atoms with Crippen molar-refractivity contribution in [1.82, 2.24) is 4.90 Å². The number of hydrogen-bond donors (Lipinski definition) is 0. The molecule has 0 aliphatic heterocycles. The summed E-state index contributed by atoms with van der Waals surface area (Å²) in [6.45, 7) is 4.90. The molecule has 0 amide bonds. The summed E-state index contributed by atoms with van der Waals surface area (Å²) in [6, 6.07) is 12.0. The molecule has 0 heterocycles. The quantitative estimate of drug-likeness (QED) is 0.393. The molecule has 0 bridgehead atoms. The number of aryl methyl sites for hydroxylation is 1. The van der Waals surface area contributed by atoms with Crippen molar-refractivity contribution in [3.8, 4) is 0 Å². The molecule has 0 aliphatic carbocycles. The van der Waals surface area contributed by atoms with Crippen LogP contribution in [-0.4, -0.2) is 46.0 Å². The minimum Gasteiger partial charge on any atom is -0.466 e. The lowest BCUT2D eigenvalue weighted by molar-refractivity contribution is -0.143. The van der Waals surface area contributed by atoms with E-state index in [1.807, 2.05) is 18.9 Å². The minimum atomic E-state index is -4.00. The van der Waals surface area contributed by atoms with E-state index < -0.39 is 22.0 Å². The fourth-order valence-corrected chi connectivity index (χ4v) is 3.92. The van der Waals surface area contributed by atoms with Gasteiger partial charge in [0.2, 0.25) is 0 Å². The first-order valence-corrected chi connectivity index (χ1v) is 11.2. The number of ether oxygens (including phenoxy) is 1. The summed E-state index contributed by atoms with van der Waals surface area (Å²) < 4.78 is 49.3. The van der Waals surface area contributed by atoms with E-state index in [1.54, 1.807) is 19.1 Å². The maximum atomic E-state index is 13.3. The van der Waals surface area contributed by atoms with Gasteiger partial charge in [0.1, 0.15) is 11.9 Å². The summed E-state index contributed by atoms with van der Waals surface area (Å²) in [5.41, 5.74) is 1.50. The lowest BCUT2D eigenvalue weighted by Crippen LogP contribution is -2.26. The Balaban J connectivity index is 2.10. The highest BCUT2D eigenvalue weighted by Gasteiger charge is 2.24. The van der Waals surface area contributed by atoms with E-state index in [4.69, 9.17) is 8.92 Å². The van der Waals surface area contributed by atoms with Crippen LogP contribution in [0.3, 0.4) is 0 Å². The Morgan fingerprint density at radius 1 is 1.07 bits per heavy atom. The maximum Gasteiger partial charge on any atom is 0.307 e. The molecule has 2 rings (SSSR count). The number of carbonyl (C=O) groups excluding carboxylic acids is 1. The third kappa shape index (κ3) is 7.51. The smallest absolute Gasteiger partial charge is 0.307 e. The summed E-state index contributed by atoms with van der Waals surface area (Å²) in [5, 5.41) is 0. The van der Waals surface area contributed by atoms with Gasteiger partial charge in [-0.3, -0.25) is 8.98 Å². The molecule has 164 valence electrons. The van der Waals surface area contributed by atoms with Gasteiger partial charge in [0.05, 0.1) is 17.9 Å². The van der Waals surface area contributed by atoms with Crippen LogP contribution < -0.4 is 0 Å². The van der Waals surface area contributed by atoms with Gasteiger partial charge in [0.15, 0.2) is 0 Å². The summed E-state index contributed by atoms with van der Waals surface area (Å²) in [4.78, 5) is 13.5. The Kier molecular flexibility index (Phi) is 8.95. The predicted molar refractivity (Wildman–Crippen MR) is 112 cm³/mol. The highest BCUT2D eigenvalue weighted by molar-refractivity contribution is 7.86. The first kappa shape index (κ1) is 24.0. The summed E-state index contributed by atoms with van der Waals surface area (Å²) in [6.07, 6.45) is -0.202. The van der Waals surface area contributed by atoms with Gasteiger partial charge in [-0.15, -0.1) is 0 Å². The van der Waals surface area contributed by atoms with Crippen LogP contribution in [0, 0.1) is 12.7 Å². The Morgan fingerprint density at radius 3 is 2.30 bits per heavy atom.